The highest BCUT2D eigenvalue weighted by atomic mass is 32.2. The molecule has 14 heavy (non-hydrogen) atoms. The van der Waals surface area contributed by atoms with Crippen molar-refractivity contribution >= 4 is 17.4 Å². The van der Waals surface area contributed by atoms with Crippen molar-refractivity contribution in [3.8, 4) is 0 Å². The topological polar surface area (TPSA) is 38.0 Å². The normalized spacial score (nSPS) is 10.4. The quantitative estimate of drug-likeness (QED) is 0.448. The van der Waals surface area contributed by atoms with Gasteiger partial charge in [-0.15, -0.1) is 11.8 Å². The maximum absolute atomic E-state index is 13.0. The molecule has 0 spiro atoms. The number of anilines is 1. The van der Waals surface area contributed by atoms with Gasteiger partial charge in [0, 0.05) is 17.2 Å². The van der Waals surface area contributed by atoms with Gasteiger partial charge in [0.25, 0.3) is 0 Å². The summed E-state index contributed by atoms with van der Waals surface area (Å²) < 4.78 is 13.0. The predicted molar refractivity (Wildman–Crippen MR) is 60.1 cm³/mol. The van der Waals surface area contributed by atoms with E-state index in [0.717, 1.165) is 23.7 Å². The number of hydrogen-bond acceptors (Lipinski definition) is 3. The maximum atomic E-state index is 13.0. The van der Waals surface area contributed by atoms with E-state index in [1.807, 2.05) is 6.07 Å². The van der Waals surface area contributed by atoms with E-state index < -0.39 is 0 Å². The monoisotopic (exact) mass is 214 g/mol. The summed E-state index contributed by atoms with van der Waals surface area (Å²) in [5, 5.41) is 3.21. The third-order valence-corrected chi connectivity index (χ3v) is 2.76. The van der Waals surface area contributed by atoms with Crippen LogP contribution in [0.5, 0.6) is 0 Å². The number of nitrogen functional groups attached to an aromatic ring is 1. The predicted octanol–water partition coefficient (Wildman–Crippen LogP) is 2.11. The summed E-state index contributed by atoms with van der Waals surface area (Å²) >= 11 is 1.63. The van der Waals surface area contributed by atoms with Crippen LogP contribution in [0.3, 0.4) is 0 Å². The fourth-order valence-electron chi connectivity index (χ4n) is 1.02. The Morgan fingerprint density at radius 1 is 1.50 bits per heavy atom. The Morgan fingerprint density at radius 2 is 2.29 bits per heavy atom. The van der Waals surface area contributed by atoms with E-state index in [2.05, 4.69) is 12.2 Å². The van der Waals surface area contributed by atoms with Crippen molar-refractivity contribution in [2.24, 2.45) is 0 Å². The molecule has 78 valence electrons. The Kier molecular flexibility index (Phi) is 4.76. The molecule has 0 radical (unpaired) electrons. The van der Waals surface area contributed by atoms with Crippen molar-refractivity contribution in [2.45, 2.75) is 11.8 Å². The van der Waals surface area contributed by atoms with E-state index in [9.17, 15) is 4.39 Å². The van der Waals surface area contributed by atoms with E-state index >= 15 is 0 Å². The zero-order valence-electron chi connectivity index (χ0n) is 8.22. The molecular formula is C10H15FN2S. The Balaban J connectivity index is 2.39. The molecule has 0 fully saturated rings. The first-order chi connectivity index (χ1) is 6.74. The van der Waals surface area contributed by atoms with Crippen LogP contribution < -0.4 is 11.1 Å². The molecule has 0 aliphatic heterocycles. The van der Waals surface area contributed by atoms with Gasteiger partial charge < -0.3 is 11.1 Å². The lowest BCUT2D eigenvalue weighted by atomic mass is 10.3. The van der Waals surface area contributed by atoms with Gasteiger partial charge in [-0.05, 0) is 24.7 Å². The lowest BCUT2D eigenvalue weighted by molar-refractivity contribution is 0.629. The van der Waals surface area contributed by atoms with Crippen molar-refractivity contribution < 1.29 is 4.39 Å². The van der Waals surface area contributed by atoms with Gasteiger partial charge in [-0.1, -0.05) is 6.92 Å². The summed E-state index contributed by atoms with van der Waals surface area (Å²) in [6.07, 6.45) is 0. The van der Waals surface area contributed by atoms with Crippen LogP contribution in [0.2, 0.25) is 0 Å². The van der Waals surface area contributed by atoms with Crippen LogP contribution in [0.4, 0.5) is 10.1 Å². The number of nitrogens with two attached hydrogens (primary N) is 1. The highest BCUT2D eigenvalue weighted by Crippen LogP contribution is 2.21. The molecule has 0 unspecified atom stereocenters. The third kappa shape index (κ3) is 3.55. The van der Waals surface area contributed by atoms with Gasteiger partial charge in [0.1, 0.15) is 5.82 Å². The molecule has 0 aliphatic rings. The second-order valence-corrected chi connectivity index (χ2v) is 4.05. The van der Waals surface area contributed by atoms with Crippen LogP contribution in [0, 0.1) is 5.82 Å². The van der Waals surface area contributed by atoms with Crippen LogP contribution >= 0.6 is 11.8 Å². The summed E-state index contributed by atoms with van der Waals surface area (Å²) in [5.74, 6) is 0.607. The number of halogens is 1. The van der Waals surface area contributed by atoms with Crippen molar-refractivity contribution in [3.05, 3.63) is 24.0 Å². The number of nitrogens with one attached hydrogen (secondary N) is 1. The number of hydrogen-bond donors (Lipinski definition) is 2. The highest BCUT2D eigenvalue weighted by molar-refractivity contribution is 7.99. The molecule has 0 atom stereocenters. The van der Waals surface area contributed by atoms with Crippen molar-refractivity contribution in [2.75, 3.05) is 24.6 Å². The van der Waals surface area contributed by atoms with Crippen molar-refractivity contribution in [1.82, 2.24) is 5.32 Å². The molecule has 0 bridgehead atoms. The van der Waals surface area contributed by atoms with Gasteiger partial charge in [-0.25, -0.2) is 4.39 Å². The molecule has 0 aromatic heterocycles. The van der Waals surface area contributed by atoms with E-state index in [1.165, 1.54) is 6.07 Å². The smallest absolute Gasteiger partial charge is 0.147 e. The molecule has 1 aromatic rings. The van der Waals surface area contributed by atoms with Crippen molar-refractivity contribution in [1.29, 1.82) is 0 Å². The average molecular weight is 214 g/mol. The Morgan fingerprint density at radius 3 is 2.93 bits per heavy atom. The van der Waals surface area contributed by atoms with Crippen LogP contribution in [0.25, 0.3) is 0 Å². The standard InChI is InChI=1S/C10H15FN2S/c1-2-13-5-6-14-8-3-4-10(12)9(11)7-8/h3-4,7,13H,2,5-6,12H2,1H3. The minimum Gasteiger partial charge on any atom is -0.396 e. The maximum Gasteiger partial charge on any atom is 0.147 e. The van der Waals surface area contributed by atoms with Crippen molar-refractivity contribution in [3.63, 3.8) is 0 Å². The Hall–Kier alpha value is -0.740. The van der Waals surface area contributed by atoms with E-state index in [-0.39, 0.29) is 11.5 Å². The van der Waals surface area contributed by atoms with Gasteiger partial charge in [0.15, 0.2) is 0 Å². The molecule has 1 rings (SSSR count). The lowest BCUT2D eigenvalue weighted by Crippen LogP contribution is -2.15. The fraction of sp³-hybridized carbons (Fsp3) is 0.400. The number of benzene rings is 1. The zero-order chi connectivity index (χ0) is 10.4. The minimum absolute atomic E-state index is 0.209. The summed E-state index contributed by atoms with van der Waals surface area (Å²) in [6.45, 7) is 3.97. The highest BCUT2D eigenvalue weighted by Gasteiger charge is 1.99. The molecule has 1 aromatic carbocycles. The second-order valence-electron chi connectivity index (χ2n) is 2.89. The van der Waals surface area contributed by atoms with E-state index in [1.54, 1.807) is 17.8 Å². The molecule has 0 saturated heterocycles. The van der Waals surface area contributed by atoms with Crippen LogP contribution in [0.1, 0.15) is 6.92 Å². The molecule has 0 heterocycles. The minimum atomic E-state index is -0.335. The number of rotatable bonds is 5. The van der Waals surface area contributed by atoms with E-state index in [0.29, 0.717) is 0 Å². The molecule has 0 amide bonds. The average Bonchev–Trinajstić information content (AvgIpc) is 2.18. The Bertz CT molecular complexity index is 291. The summed E-state index contributed by atoms with van der Waals surface area (Å²) in [6, 6.07) is 4.92. The first kappa shape index (κ1) is 11.3. The largest absolute Gasteiger partial charge is 0.396 e. The Labute approximate surface area is 88.1 Å². The molecule has 0 saturated carbocycles. The molecule has 2 nitrogen and oxygen atoms in total. The first-order valence-electron chi connectivity index (χ1n) is 4.62. The summed E-state index contributed by atoms with van der Waals surface area (Å²) in [4.78, 5) is 0.926. The van der Waals surface area contributed by atoms with Crippen LogP contribution in [-0.2, 0) is 0 Å². The third-order valence-electron chi connectivity index (χ3n) is 1.77. The summed E-state index contributed by atoms with van der Waals surface area (Å²) in [7, 11) is 0. The molecule has 4 heteroatoms. The number of thioether (sulfide) groups is 1. The SMILES string of the molecule is CCNCCSc1ccc(N)c(F)c1. The van der Waals surface area contributed by atoms with Gasteiger partial charge in [-0.3, -0.25) is 0 Å². The van der Waals surface area contributed by atoms with Gasteiger partial charge in [0.05, 0.1) is 5.69 Å². The van der Waals surface area contributed by atoms with Gasteiger partial charge in [-0.2, -0.15) is 0 Å². The first-order valence-corrected chi connectivity index (χ1v) is 5.61. The molecular weight excluding hydrogens is 199 g/mol. The summed E-state index contributed by atoms with van der Waals surface area (Å²) in [5.41, 5.74) is 5.58. The lowest BCUT2D eigenvalue weighted by Gasteiger charge is -2.03. The van der Waals surface area contributed by atoms with E-state index in [4.69, 9.17) is 5.73 Å². The second kappa shape index (κ2) is 5.88. The van der Waals surface area contributed by atoms with Gasteiger partial charge in [0.2, 0.25) is 0 Å². The van der Waals surface area contributed by atoms with Gasteiger partial charge >= 0.3 is 0 Å². The molecule has 3 N–H and O–H groups in total. The van der Waals surface area contributed by atoms with Crippen LogP contribution in [-0.4, -0.2) is 18.8 Å². The zero-order valence-corrected chi connectivity index (χ0v) is 9.03. The fourth-order valence-corrected chi connectivity index (χ4v) is 1.85. The molecule has 0 aliphatic carbocycles. The van der Waals surface area contributed by atoms with Crippen LogP contribution in [0.15, 0.2) is 23.1 Å².